The van der Waals surface area contributed by atoms with Crippen LogP contribution in [-0.4, -0.2) is 39.1 Å². The van der Waals surface area contributed by atoms with Crippen LogP contribution in [0.5, 0.6) is 0 Å². The van der Waals surface area contributed by atoms with Crippen LogP contribution >= 0.6 is 0 Å². The topological polar surface area (TPSA) is 86.8 Å². The highest BCUT2D eigenvalue weighted by atomic mass is 32.2. The molecular formula is C23H27N3O4S. The largest absolute Gasteiger partial charge is 0.326 e. The first-order chi connectivity index (χ1) is 14.7. The van der Waals surface area contributed by atoms with E-state index in [0.29, 0.717) is 36.8 Å². The molecule has 4 rings (SSSR count). The van der Waals surface area contributed by atoms with Crippen molar-refractivity contribution in [2.45, 2.75) is 32.6 Å². The van der Waals surface area contributed by atoms with Gasteiger partial charge in [0.2, 0.25) is 21.8 Å². The quantitative estimate of drug-likeness (QED) is 0.771. The van der Waals surface area contributed by atoms with E-state index in [1.807, 2.05) is 24.3 Å². The molecule has 31 heavy (non-hydrogen) atoms. The van der Waals surface area contributed by atoms with Gasteiger partial charge in [-0.15, -0.1) is 0 Å². The van der Waals surface area contributed by atoms with Gasteiger partial charge in [-0.3, -0.25) is 13.9 Å². The van der Waals surface area contributed by atoms with Crippen molar-refractivity contribution in [2.75, 3.05) is 33.4 Å². The molecule has 0 aromatic heterocycles. The summed E-state index contributed by atoms with van der Waals surface area (Å²) in [6.45, 7) is 5.03. The van der Waals surface area contributed by atoms with E-state index in [2.05, 4.69) is 19.2 Å². The zero-order chi connectivity index (χ0) is 22.2. The molecule has 0 radical (unpaired) electrons. The van der Waals surface area contributed by atoms with Gasteiger partial charge in [-0.25, -0.2) is 8.42 Å². The summed E-state index contributed by atoms with van der Waals surface area (Å²) in [4.78, 5) is 27.0. The highest BCUT2D eigenvalue weighted by Gasteiger charge is 2.35. The minimum absolute atomic E-state index is 0.0596. The molecule has 0 unspecified atom stereocenters. The lowest BCUT2D eigenvalue weighted by molar-refractivity contribution is -0.122. The van der Waals surface area contributed by atoms with Crippen LogP contribution in [0, 0.1) is 5.92 Å². The molecule has 0 bridgehead atoms. The van der Waals surface area contributed by atoms with Crippen molar-refractivity contribution in [2.24, 2.45) is 5.92 Å². The number of hydrogen-bond donors (Lipinski definition) is 1. The Balaban J connectivity index is 1.41. The minimum atomic E-state index is -3.23. The van der Waals surface area contributed by atoms with Crippen LogP contribution in [0.2, 0.25) is 0 Å². The van der Waals surface area contributed by atoms with Gasteiger partial charge in [-0.1, -0.05) is 26.0 Å². The molecule has 164 valence electrons. The molecule has 2 aromatic rings. The fourth-order valence-electron chi connectivity index (χ4n) is 4.07. The first kappa shape index (κ1) is 21.4. The predicted molar refractivity (Wildman–Crippen MR) is 122 cm³/mol. The van der Waals surface area contributed by atoms with Gasteiger partial charge in [0.05, 0.1) is 17.4 Å². The fraction of sp³-hybridized carbons (Fsp3) is 0.391. The lowest BCUT2D eigenvalue weighted by Gasteiger charge is -2.19. The highest BCUT2D eigenvalue weighted by Crippen LogP contribution is 2.29. The normalized spacial score (nSPS) is 20.5. The van der Waals surface area contributed by atoms with E-state index in [1.54, 1.807) is 29.2 Å². The van der Waals surface area contributed by atoms with Gasteiger partial charge < -0.3 is 10.2 Å². The van der Waals surface area contributed by atoms with Crippen molar-refractivity contribution in [3.8, 4) is 0 Å². The SMILES string of the molecule is CC(C)c1cccc(N2C[C@H](C(=O)Nc3ccc(N4CCCS4(=O)=O)cc3)CC2=O)c1. The Kier molecular flexibility index (Phi) is 5.75. The van der Waals surface area contributed by atoms with E-state index in [-0.39, 0.29) is 24.0 Å². The van der Waals surface area contributed by atoms with Crippen LogP contribution in [0.15, 0.2) is 48.5 Å². The molecule has 2 saturated heterocycles. The van der Waals surface area contributed by atoms with Crippen molar-refractivity contribution in [3.05, 3.63) is 54.1 Å². The summed E-state index contributed by atoms with van der Waals surface area (Å²) in [6, 6.07) is 14.7. The van der Waals surface area contributed by atoms with Gasteiger partial charge in [0, 0.05) is 30.9 Å². The second-order valence-corrected chi connectivity index (χ2v) is 10.4. The number of carbonyl (C=O) groups is 2. The molecule has 1 N–H and O–H groups in total. The number of nitrogens with zero attached hydrogens (tertiary/aromatic N) is 2. The van der Waals surface area contributed by atoms with Crippen LogP contribution in [0.1, 0.15) is 38.2 Å². The van der Waals surface area contributed by atoms with E-state index in [9.17, 15) is 18.0 Å². The third-order valence-electron chi connectivity index (χ3n) is 5.87. The molecule has 2 heterocycles. The third-order valence-corrected chi connectivity index (χ3v) is 7.74. The molecule has 7 nitrogen and oxygen atoms in total. The number of sulfonamides is 1. The first-order valence-corrected chi connectivity index (χ1v) is 12.2. The highest BCUT2D eigenvalue weighted by molar-refractivity contribution is 7.93. The van der Waals surface area contributed by atoms with E-state index in [4.69, 9.17) is 0 Å². The van der Waals surface area contributed by atoms with Gasteiger partial charge in [0.1, 0.15) is 0 Å². The molecule has 8 heteroatoms. The maximum absolute atomic E-state index is 12.8. The number of benzene rings is 2. The summed E-state index contributed by atoms with van der Waals surface area (Å²) in [5.74, 6) is -0.185. The summed E-state index contributed by atoms with van der Waals surface area (Å²) in [6.07, 6.45) is 0.787. The number of nitrogens with one attached hydrogen (secondary N) is 1. The average molecular weight is 442 g/mol. The molecule has 2 fully saturated rings. The number of anilines is 3. The lowest BCUT2D eigenvalue weighted by atomic mass is 10.0. The second-order valence-electron chi connectivity index (χ2n) is 8.43. The van der Waals surface area contributed by atoms with Crippen LogP contribution in [-0.2, 0) is 19.6 Å². The summed E-state index contributed by atoms with van der Waals surface area (Å²) in [5, 5.41) is 2.86. The Morgan fingerprint density at radius 3 is 2.48 bits per heavy atom. The van der Waals surface area contributed by atoms with Crippen LogP contribution in [0.25, 0.3) is 0 Å². The van der Waals surface area contributed by atoms with E-state index in [0.717, 1.165) is 11.3 Å². The minimum Gasteiger partial charge on any atom is -0.326 e. The Morgan fingerprint density at radius 1 is 1.10 bits per heavy atom. The van der Waals surface area contributed by atoms with E-state index < -0.39 is 15.9 Å². The summed E-state index contributed by atoms with van der Waals surface area (Å²) >= 11 is 0. The molecule has 2 aliphatic heterocycles. The van der Waals surface area contributed by atoms with Crippen molar-refractivity contribution in [3.63, 3.8) is 0 Å². The monoisotopic (exact) mass is 441 g/mol. The lowest BCUT2D eigenvalue weighted by Crippen LogP contribution is -2.28. The van der Waals surface area contributed by atoms with Gasteiger partial charge in [0.15, 0.2) is 0 Å². The maximum Gasteiger partial charge on any atom is 0.235 e. The number of hydrogen-bond acceptors (Lipinski definition) is 4. The molecule has 0 saturated carbocycles. The van der Waals surface area contributed by atoms with Crippen LogP contribution in [0.4, 0.5) is 17.1 Å². The Hall–Kier alpha value is -2.87. The molecule has 2 aliphatic rings. The van der Waals surface area contributed by atoms with Gasteiger partial charge in [0.25, 0.3) is 0 Å². The van der Waals surface area contributed by atoms with Crippen molar-refractivity contribution in [1.29, 1.82) is 0 Å². The van der Waals surface area contributed by atoms with Gasteiger partial charge in [-0.05, 0) is 54.3 Å². The maximum atomic E-state index is 12.8. The molecule has 1 atom stereocenters. The van der Waals surface area contributed by atoms with E-state index in [1.165, 1.54) is 4.31 Å². The number of amides is 2. The fourth-order valence-corrected chi connectivity index (χ4v) is 5.63. The van der Waals surface area contributed by atoms with Crippen LogP contribution in [0.3, 0.4) is 0 Å². The van der Waals surface area contributed by atoms with Crippen molar-refractivity contribution >= 4 is 38.9 Å². The third kappa shape index (κ3) is 4.44. The molecule has 2 aromatic carbocycles. The smallest absolute Gasteiger partial charge is 0.235 e. The average Bonchev–Trinajstić information content (AvgIpc) is 3.30. The van der Waals surface area contributed by atoms with Gasteiger partial charge >= 0.3 is 0 Å². The summed E-state index contributed by atoms with van der Waals surface area (Å²) in [7, 11) is -3.23. The summed E-state index contributed by atoms with van der Waals surface area (Å²) in [5.41, 5.74) is 3.15. The van der Waals surface area contributed by atoms with Crippen molar-refractivity contribution < 1.29 is 18.0 Å². The van der Waals surface area contributed by atoms with Gasteiger partial charge in [-0.2, -0.15) is 0 Å². The Labute approximate surface area is 183 Å². The van der Waals surface area contributed by atoms with Crippen LogP contribution < -0.4 is 14.5 Å². The standard InChI is InChI=1S/C23H27N3O4S/c1-16(2)17-5-3-6-21(13-17)25-15-18(14-22(25)27)23(28)24-19-7-9-20(10-8-19)26-11-4-12-31(26,29)30/h3,5-10,13,16,18H,4,11-12,14-15H2,1-2H3,(H,24,28)/t18-/m1/s1. The zero-order valence-corrected chi connectivity index (χ0v) is 18.6. The molecular weight excluding hydrogens is 414 g/mol. The molecule has 0 spiro atoms. The Bertz CT molecular complexity index is 1100. The number of carbonyl (C=O) groups excluding carboxylic acids is 2. The number of rotatable bonds is 5. The molecule has 0 aliphatic carbocycles. The van der Waals surface area contributed by atoms with Crippen molar-refractivity contribution in [1.82, 2.24) is 0 Å². The Morgan fingerprint density at radius 2 is 1.84 bits per heavy atom. The summed E-state index contributed by atoms with van der Waals surface area (Å²) < 4.78 is 25.5. The first-order valence-electron chi connectivity index (χ1n) is 10.6. The van der Waals surface area contributed by atoms with E-state index >= 15 is 0 Å². The molecule has 2 amide bonds. The predicted octanol–water partition coefficient (Wildman–Crippen LogP) is 3.34. The second kappa shape index (κ2) is 8.34. The zero-order valence-electron chi connectivity index (χ0n) is 17.7.